The fourth-order valence-electron chi connectivity index (χ4n) is 2.87. The van der Waals surface area contributed by atoms with Crippen LogP contribution in [-0.4, -0.2) is 49.7 Å². The second-order valence-electron chi connectivity index (χ2n) is 6.26. The fraction of sp³-hybridized carbons (Fsp3) is 0.588. The van der Waals surface area contributed by atoms with Gasteiger partial charge in [0.05, 0.1) is 13.1 Å². The summed E-state index contributed by atoms with van der Waals surface area (Å²) in [6, 6.07) is 7.62. The summed E-state index contributed by atoms with van der Waals surface area (Å²) in [6.07, 6.45) is 2.24. The first-order valence-corrected chi connectivity index (χ1v) is 8.08. The van der Waals surface area contributed by atoms with Gasteiger partial charge in [-0.05, 0) is 44.0 Å². The van der Waals surface area contributed by atoms with Gasteiger partial charge < -0.3 is 14.8 Å². The van der Waals surface area contributed by atoms with E-state index in [0.29, 0.717) is 19.7 Å². The Labute approximate surface area is 131 Å². The molecule has 1 fully saturated rings. The smallest absolute Gasteiger partial charge is 0.234 e. The summed E-state index contributed by atoms with van der Waals surface area (Å²) in [5.41, 5.74) is 0. The van der Waals surface area contributed by atoms with E-state index in [9.17, 15) is 4.79 Å². The van der Waals surface area contributed by atoms with E-state index in [1.165, 1.54) is 12.8 Å². The quantitative estimate of drug-likeness (QED) is 0.919. The molecule has 1 aromatic carbocycles. The number of benzene rings is 1. The molecular weight excluding hydrogens is 280 g/mol. The molecule has 120 valence electrons. The topological polar surface area (TPSA) is 50.8 Å². The lowest BCUT2D eigenvalue weighted by Crippen LogP contribution is -2.45. The largest absolute Gasteiger partial charge is 0.486 e. The maximum atomic E-state index is 12.0. The second-order valence-corrected chi connectivity index (χ2v) is 6.26. The molecule has 2 heterocycles. The molecule has 0 spiro atoms. The van der Waals surface area contributed by atoms with Crippen LogP contribution in [0.3, 0.4) is 0 Å². The number of hydrogen-bond acceptors (Lipinski definition) is 4. The van der Waals surface area contributed by atoms with Gasteiger partial charge in [0, 0.05) is 0 Å². The third kappa shape index (κ3) is 3.91. The number of carbonyl (C=O) groups is 1. The second kappa shape index (κ2) is 7.01. The summed E-state index contributed by atoms with van der Waals surface area (Å²) in [4.78, 5) is 14.3. The molecule has 5 nitrogen and oxygen atoms in total. The molecule has 1 unspecified atom stereocenters. The number of nitrogens with one attached hydrogen (secondary N) is 1. The molecule has 0 aromatic heterocycles. The minimum atomic E-state index is -0.125. The van der Waals surface area contributed by atoms with Crippen LogP contribution < -0.4 is 14.8 Å². The number of piperidine rings is 1. The highest BCUT2D eigenvalue weighted by Gasteiger charge is 2.22. The average molecular weight is 304 g/mol. The van der Waals surface area contributed by atoms with Crippen molar-refractivity contribution >= 4 is 5.91 Å². The van der Waals surface area contributed by atoms with Crippen molar-refractivity contribution in [2.24, 2.45) is 5.92 Å². The van der Waals surface area contributed by atoms with E-state index in [-0.39, 0.29) is 12.0 Å². The van der Waals surface area contributed by atoms with Crippen LogP contribution in [0.5, 0.6) is 11.5 Å². The molecule has 0 aliphatic carbocycles. The molecule has 3 rings (SSSR count). The first-order valence-electron chi connectivity index (χ1n) is 8.08. The Bertz CT molecular complexity index is 512. The Balaban J connectivity index is 1.40. The van der Waals surface area contributed by atoms with E-state index in [1.54, 1.807) is 0 Å². The number of nitrogens with zero attached hydrogens (tertiary/aromatic N) is 1. The zero-order valence-electron chi connectivity index (χ0n) is 13.1. The van der Waals surface area contributed by atoms with Crippen molar-refractivity contribution in [3.05, 3.63) is 24.3 Å². The van der Waals surface area contributed by atoms with Crippen LogP contribution in [-0.2, 0) is 4.79 Å². The molecule has 1 aromatic rings. The minimum Gasteiger partial charge on any atom is -0.486 e. The van der Waals surface area contributed by atoms with E-state index < -0.39 is 0 Å². The highest BCUT2D eigenvalue weighted by atomic mass is 16.6. The minimum absolute atomic E-state index is 0.0667. The average Bonchev–Trinajstić information content (AvgIpc) is 2.55. The van der Waals surface area contributed by atoms with Gasteiger partial charge in [-0.15, -0.1) is 0 Å². The van der Waals surface area contributed by atoms with Crippen molar-refractivity contribution in [3.8, 4) is 11.5 Å². The van der Waals surface area contributed by atoms with Crippen molar-refractivity contribution in [2.75, 3.05) is 32.8 Å². The summed E-state index contributed by atoms with van der Waals surface area (Å²) in [6.45, 7) is 5.75. The van der Waals surface area contributed by atoms with Crippen molar-refractivity contribution in [1.82, 2.24) is 10.2 Å². The monoisotopic (exact) mass is 304 g/mol. The van der Waals surface area contributed by atoms with E-state index >= 15 is 0 Å². The number of hydrogen-bond donors (Lipinski definition) is 1. The maximum absolute atomic E-state index is 12.0. The standard InChI is InChI=1S/C17H24N2O3/c1-13-6-8-19(9-7-13)11-17(20)18-10-14-12-21-15-4-2-3-5-16(15)22-14/h2-5,13-14H,6-12H2,1H3,(H,18,20). The summed E-state index contributed by atoms with van der Waals surface area (Å²) in [7, 11) is 0. The Kier molecular flexibility index (Phi) is 4.83. The van der Waals surface area contributed by atoms with E-state index in [4.69, 9.17) is 9.47 Å². The number of amides is 1. The van der Waals surface area contributed by atoms with Gasteiger partial charge in [-0.3, -0.25) is 9.69 Å². The summed E-state index contributed by atoms with van der Waals surface area (Å²) >= 11 is 0. The number of rotatable bonds is 4. The van der Waals surface area contributed by atoms with E-state index in [2.05, 4.69) is 17.1 Å². The highest BCUT2D eigenvalue weighted by molar-refractivity contribution is 5.78. The molecule has 1 N–H and O–H groups in total. The van der Waals surface area contributed by atoms with Crippen LogP contribution in [0.15, 0.2) is 24.3 Å². The van der Waals surface area contributed by atoms with Gasteiger partial charge in [0.2, 0.25) is 5.91 Å². The molecule has 2 aliphatic heterocycles. The number of carbonyl (C=O) groups excluding carboxylic acids is 1. The first-order chi connectivity index (χ1) is 10.7. The van der Waals surface area contributed by atoms with Crippen LogP contribution in [0.2, 0.25) is 0 Å². The third-order valence-electron chi connectivity index (χ3n) is 4.34. The van der Waals surface area contributed by atoms with Gasteiger partial charge in [-0.1, -0.05) is 19.1 Å². The lowest BCUT2D eigenvalue weighted by molar-refractivity contribution is -0.123. The van der Waals surface area contributed by atoms with Crippen LogP contribution in [0.4, 0.5) is 0 Å². The Morgan fingerprint density at radius 2 is 2.00 bits per heavy atom. The summed E-state index contributed by atoms with van der Waals surface area (Å²) in [5.74, 6) is 2.37. The molecule has 0 bridgehead atoms. The Morgan fingerprint density at radius 3 is 2.77 bits per heavy atom. The first kappa shape index (κ1) is 15.2. The molecule has 5 heteroatoms. The third-order valence-corrected chi connectivity index (χ3v) is 4.34. The summed E-state index contributed by atoms with van der Waals surface area (Å²) in [5, 5.41) is 2.96. The van der Waals surface area contributed by atoms with Gasteiger partial charge in [-0.25, -0.2) is 0 Å². The van der Waals surface area contributed by atoms with E-state index in [1.807, 2.05) is 24.3 Å². The van der Waals surface area contributed by atoms with Crippen LogP contribution >= 0.6 is 0 Å². The molecule has 0 radical (unpaired) electrons. The Morgan fingerprint density at radius 1 is 1.27 bits per heavy atom. The van der Waals surface area contributed by atoms with Gasteiger partial charge in [0.25, 0.3) is 0 Å². The molecule has 0 saturated carbocycles. The zero-order valence-corrected chi connectivity index (χ0v) is 13.1. The van der Waals surface area contributed by atoms with Gasteiger partial charge in [-0.2, -0.15) is 0 Å². The predicted octanol–water partition coefficient (Wildman–Crippen LogP) is 1.67. The van der Waals surface area contributed by atoms with Crippen molar-refractivity contribution in [1.29, 1.82) is 0 Å². The fourth-order valence-corrected chi connectivity index (χ4v) is 2.87. The maximum Gasteiger partial charge on any atom is 0.234 e. The molecule has 1 saturated heterocycles. The number of ether oxygens (including phenoxy) is 2. The SMILES string of the molecule is CC1CCN(CC(=O)NCC2COc3ccccc3O2)CC1. The summed E-state index contributed by atoms with van der Waals surface area (Å²) < 4.78 is 11.5. The van der Waals surface area contributed by atoms with Crippen molar-refractivity contribution in [2.45, 2.75) is 25.9 Å². The van der Waals surface area contributed by atoms with Crippen LogP contribution in [0.25, 0.3) is 0 Å². The zero-order chi connectivity index (χ0) is 15.4. The number of likely N-dealkylation sites (tertiary alicyclic amines) is 1. The number of para-hydroxylation sites is 2. The Hall–Kier alpha value is -1.75. The normalized spacial score (nSPS) is 22.3. The lowest BCUT2D eigenvalue weighted by Gasteiger charge is -2.30. The van der Waals surface area contributed by atoms with Crippen molar-refractivity contribution < 1.29 is 14.3 Å². The predicted molar refractivity (Wildman–Crippen MR) is 84.2 cm³/mol. The molecule has 22 heavy (non-hydrogen) atoms. The van der Waals surface area contributed by atoms with Crippen LogP contribution in [0, 0.1) is 5.92 Å². The van der Waals surface area contributed by atoms with Gasteiger partial charge >= 0.3 is 0 Å². The molecular formula is C17H24N2O3. The van der Waals surface area contributed by atoms with Gasteiger partial charge in [0.15, 0.2) is 11.5 Å². The lowest BCUT2D eigenvalue weighted by atomic mass is 9.99. The van der Waals surface area contributed by atoms with Crippen molar-refractivity contribution in [3.63, 3.8) is 0 Å². The van der Waals surface area contributed by atoms with Crippen LogP contribution in [0.1, 0.15) is 19.8 Å². The molecule has 1 atom stereocenters. The highest BCUT2D eigenvalue weighted by Crippen LogP contribution is 2.30. The van der Waals surface area contributed by atoms with E-state index in [0.717, 1.165) is 30.5 Å². The molecule has 2 aliphatic rings. The van der Waals surface area contributed by atoms with Gasteiger partial charge in [0.1, 0.15) is 12.7 Å². The molecule has 1 amide bonds. The number of fused-ring (bicyclic) bond motifs is 1.